The molecule has 1 aromatic heterocycles. The van der Waals surface area contributed by atoms with Crippen molar-refractivity contribution >= 4 is 0 Å². The number of likely N-dealkylation sites (tertiary alicyclic amines) is 1. The molecule has 5 heteroatoms. The van der Waals surface area contributed by atoms with Crippen LogP contribution >= 0.6 is 0 Å². The van der Waals surface area contributed by atoms with Crippen molar-refractivity contribution in [2.45, 2.75) is 25.6 Å². The normalized spacial score (nSPS) is 26.1. The van der Waals surface area contributed by atoms with Gasteiger partial charge in [0.05, 0.1) is 26.0 Å². The highest BCUT2D eigenvalue weighted by molar-refractivity contribution is 5.17. The molecule has 2 fully saturated rings. The molecule has 0 spiro atoms. The van der Waals surface area contributed by atoms with Crippen molar-refractivity contribution < 1.29 is 9.15 Å². The van der Waals surface area contributed by atoms with Crippen LogP contribution in [0.5, 0.6) is 0 Å². The van der Waals surface area contributed by atoms with Crippen LogP contribution in [-0.4, -0.2) is 55.2 Å². The number of nitrogens with two attached hydrogens (primary N) is 1. The van der Waals surface area contributed by atoms with Gasteiger partial charge in [-0.25, -0.2) is 0 Å². The van der Waals surface area contributed by atoms with Gasteiger partial charge in [-0.2, -0.15) is 0 Å². The Morgan fingerprint density at radius 3 is 2.89 bits per heavy atom. The molecule has 0 aliphatic carbocycles. The van der Waals surface area contributed by atoms with Crippen molar-refractivity contribution in [3.8, 4) is 0 Å². The van der Waals surface area contributed by atoms with Gasteiger partial charge in [-0.3, -0.25) is 9.80 Å². The Hall–Kier alpha value is -0.880. The summed E-state index contributed by atoms with van der Waals surface area (Å²) in [6.45, 7) is 7.70. The van der Waals surface area contributed by atoms with Crippen molar-refractivity contribution in [1.29, 1.82) is 0 Å². The van der Waals surface area contributed by atoms with E-state index in [0.717, 1.165) is 51.7 Å². The first-order valence-electron chi connectivity index (χ1n) is 7.16. The Labute approximate surface area is 114 Å². The third-order valence-electron chi connectivity index (χ3n) is 4.23. The number of ether oxygens (including phenoxy) is 1. The van der Waals surface area contributed by atoms with Gasteiger partial charge in [0.25, 0.3) is 0 Å². The summed E-state index contributed by atoms with van der Waals surface area (Å²) in [6.07, 6.45) is 3.00. The zero-order chi connectivity index (χ0) is 13.1. The van der Waals surface area contributed by atoms with E-state index in [4.69, 9.17) is 14.9 Å². The number of hydrogen-bond donors (Lipinski definition) is 1. The smallest absolute Gasteiger partial charge is 0.121 e. The van der Waals surface area contributed by atoms with E-state index >= 15 is 0 Å². The zero-order valence-electron chi connectivity index (χ0n) is 11.4. The van der Waals surface area contributed by atoms with Gasteiger partial charge in [-0.1, -0.05) is 0 Å². The van der Waals surface area contributed by atoms with E-state index in [0.29, 0.717) is 12.6 Å². The molecule has 0 radical (unpaired) electrons. The molecule has 0 amide bonds. The molecule has 2 aliphatic rings. The maximum Gasteiger partial charge on any atom is 0.121 e. The molecule has 5 nitrogen and oxygen atoms in total. The van der Waals surface area contributed by atoms with E-state index in [2.05, 4.69) is 9.80 Å². The van der Waals surface area contributed by atoms with Crippen molar-refractivity contribution in [1.82, 2.24) is 9.80 Å². The molecule has 1 atom stereocenters. The Morgan fingerprint density at radius 2 is 2.11 bits per heavy atom. The lowest BCUT2D eigenvalue weighted by atomic mass is 10.2. The third kappa shape index (κ3) is 3.00. The molecule has 2 aliphatic heterocycles. The molecule has 106 valence electrons. The second-order valence-electron chi connectivity index (χ2n) is 5.40. The molecule has 2 N–H and O–H groups in total. The van der Waals surface area contributed by atoms with Gasteiger partial charge in [0.15, 0.2) is 0 Å². The van der Waals surface area contributed by atoms with Crippen molar-refractivity contribution in [2.24, 2.45) is 5.73 Å². The van der Waals surface area contributed by atoms with Crippen LogP contribution in [0.3, 0.4) is 0 Å². The summed E-state index contributed by atoms with van der Waals surface area (Å²) < 4.78 is 10.8. The van der Waals surface area contributed by atoms with Crippen molar-refractivity contribution in [3.63, 3.8) is 0 Å². The predicted octanol–water partition coefficient (Wildman–Crippen LogP) is 0.645. The SMILES string of the molecule is NCc1occc1CN1CCC(N2CCOCC2)C1. The van der Waals surface area contributed by atoms with Crippen LogP contribution in [0.2, 0.25) is 0 Å². The second-order valence-corrected chi connectivity index (χ2v) is 5.40. The maximum atomic E-state index is 5.68. The number of hydrogen-bond acceptors (Lipinski definition) is 5. The summed E-state index contributed by atoms with van der Waals surface area (Å²) in [5.41, 5.74) is 6.92. The highest BCUT2D eigenvalue weighted by atomic mass is 16.5. The topological polar surface area (TPSA) is 54.9 Å². The average molecular weight is 265 g/mol. The maximum absolute atomic E-state index is 5.68. The van der Waals surface area contributed by atoms with Crippen LogP contribution in [0.1, 0.15) is 17.7 Å². The highest BCUT2D eigenvalue weighted by Crippen LogP contribution is 2.20. The van der Waals surface area contributed by atoms with Gasteiger partial charge >= 0.3 is 0 Å². The van der Waals surface area contributed by atoms with Crippen molar-refractivity contribution in [2.75, 3.05) is 39.4 Å². The molecule has 3 heterocycles. The molecule has 0 aromatic carbocycles. The fraction of sp³-hybridized carbons (Fsp3) is 0.714. The number of rotatable bonds is 4. The van der Waals surface area contributed by atoms with Crippen molar-refractivity contribution in [3.05, 3.63) is 23.7 Å². The fourth-order valence-electron chi connectivity index (χ4n) is 3.12. The summed E-state index contributed by atoms with van der Waals surface area (Å²) in [5, 5.41) is 0. The Balaban J connectivity index is 1.54. The van der Waals surface area contributed by atoms with Gasteiger partial charge < -0.3 is 14.9 Å². The quantitative estimate of drug-likeness (QED) is 0.866. The first-order chi connectivity index (χ1) is 9.36. The van der Waals surface area contributed by atoms with E-state index in [1.54, 1.807) is 6.26 Å². The molecule has 1 unspecified atom stereocenters. The fourth-order valence-corrected chi connectivity index (χ4v) is 3.12. The van der Waals surface area contributed by atoms with Crippen LogP contribution in [0.15, 0.2) is 16.7 Å². The Bertz CT molecular complexity index is 401. The van der Waals surface area contributed by atoms with E-state index < -0.39 is 0 Å². The minimum absolute atomic E-state index is 0.489. The molecule has 0 saturated carbocycles. The first-order valence-corrected chi connectivity index (χ1v) is 7.16. The molecule has 0 bridgehead atoms. The zero-order valence-corrected chi connectivity index (χ0v) is 11.4. The summed E-state index contributed by atoms with van der Waals surface area (Å²) in [7, 11) is 0. The van der Waals surface area contributed by atoms with Gasteiger partial charge in [0.2, 0.25) is 0 Å². The standard InChI is InChI=1S/C14H23N3O2/c15-9-14-12(2-6-19-14)10-16-3-1-13(11-16)17-4-7-18-8-5-17/h2,6,13H,1,3-5,7-11,15H2. The van der Waals surface area contributed by atoms with Crippen LogP contribution in [0.4, 0.5) is 0 Å². The molecule has 3 rings (SSSR count). The third-order valence-corrected chi connectivity index (χ3v) is 4.23. The van der Waals surface area contributed by atoms with Crippen LogP contribution in [-0.2, 0) is 17.8 Å². The van der Waals surface area contributed by atoms with E-state index in [1.807, 2.05) is 6.07 Å². The number of nitrogens with zero attached hydrogens (tertiary/aromatic N) is 2. The summed E-state index contributed by atoms with van der Waals surface area (Å²) >= 11 is 0. The molecular weight excluding hydrogens is 242 g/mol. The highest BCUT2D eigenvalue weighted by Gasteiger charge is 2.28. The van der Waals surface area contributed by atoms with E-state index in [-0.39, 0.29) is 0 Å². The second kappa shape index (κ2) is 6.05. The summed E-state index contributed by atoms with van der Waals surface area (Å²) in [5.74, 6) is 0.926. The number of morpholine rings is 1. The van der Waals surface area contributed by atoms with Gasteiger partial charge in [-0.15, -0.1) is 0 Å². The summed E-state index contributed by atoms with van der Waals surface area (Å²) in [4.78, 5) is 5.08. The largest absolute Gasteiger partial charge is 0.468 e. The van der Waals surface area contributed by atoms with E-state index in [9.17, 15) is 0 Å². The molecule has 19 heavy (non-hydrogen) atoms. The first kappa shape index (κ1) is 13.1. The molecule has 1 aromatic rings. The predicted molar refractivity (Wildman–Crippen MR) is 72.7 cm³/mol. The lowest BCUT2D eigenvalue weighted by Crippen LogP contribution is -2.44. The van der Waals surface area contributed by atoms with Crippen LogP contribution in [0, 0.1) is 0 Å². The lowest BCUT2D eigenvalue weighted by molar-refractivity contribution is 0.0183. The number of furan rings is 1. The average Bonchev–Trinajstić information content (AvgIpc) is 3.09. The minimum Gasteiger partial charge on any atom is -0.468 e. The lowest BCUT2D eigenvalue weighted by Gasteiger charge is -2.32. The van der Waals surface area contributed by atoms with Crippen LogP contribution < -0.4 is 5.73 Å². The van der Waals surface area contributed by atoms with E-state index in [1.165, 1.54) is 12.0 Å². The van der Waals surface area contributed by atoms with Gasteiger partial charge in [0, 0.05) is 44.3 Å². The molecule has 2 saturated heterocycles. The summed E-state index contributed by atoms with van der Waals surface area (Å²) in [6, 6.07) is 2.74. The molecular formula is C14H23N3O2. The van der Waals surface area contributed by atoms with Gasteiger partial charge in [0.1, 0.15) is 5.76 Å². The Morgan fingerprint density at radius 1 is 1.26 bits per heavy atom. The Kier molecular flexibility index (Phi) is 4.18. The van der Waals surface area contributed by atoms with Gasteiger partial charge in [-0.05, 0) is 12.5 Å². The monoisotopic (exact) mass is 265 g/mol. The van der Waals surface area contributed by atoms with Crippen LogP contribution in [0.25, 0.3) is 0 Å². The minimum atomic E-state index is 0.489.